The van der Waals surface area contributed by atoms with Gasteiger partial charge >= 0.3 is 0 Å². The molecule has 0 aliphatic heterocycles. The minimum Gasteiger partial charge on any atom is -0.383 e. The standard InChI is InChI=1S/C12H21N3O2/c1-2-8-3-4-9(7-8)11-14-12(17-15-11)10(16)5-6-13/h8-10,16H,2-7,13H2,1H3/t8?,9?,10-/m0/s1. The van der Waals surface area contributed by atoms with Crippen LogP contribution in [-0.4, -0.2) is 21.8 Å². The highest BCUT2D eigenvalue weighted by Gasteiger charge is 2.29. The monoisotopic (exact) mass is 239 g/mol. The second-order valence-electron chi connectivity index (χ2n) is 4.87. The van der Waals surface area contributed by atoms with Gasteiger partial charge in [0.15, 0.2) is 5.82 Å². The largest absolute Gasteiger partial charge is 0.383 e. The molecule has 1 aromatic heterocycles. The van der Waals surface area contributed by atoms with Crippen molar-refractivity contribution in [3.63, 3.8) is 0 Å². The van der Waals surface area contributed by atoms with Gasteiger partial charge in [0.05, 0.1) is 0 Å². The van der Waals surface area contributed by atoms with Gasteiger partial charge < -0.3 is 15.4 Å². The molecule has 17 heavy (non-hydrogen) atoms. The van der Waals surface area contributed by atoms with Gasteiger partial charge in [0.25, 0.3) is 5.89 Å². The molecule has 3 atom stereocenters. The molecule has 1 saturated carbocycles. The van der Waals surface area contributed by atoms with Crippen LogP contribution >= 0.6 is 0 Å². The second kappa shape index (κ2) is 5.60. The molecular weight excluding hydrogens is 218 g/mol. The summed E-state index contributed by atoms with van der Waals surface area (Å²) in [4.78, 5) is 4.30. The van der Waals surface area contributed by atoms with Crippen LogP contribution in [0.3, 0.4) is 0 Å². The molecule has 2 rings (SSSR count). The maximum atomic E-state index is 9.70. The molecule has 0 saturated heterocycles. The number of aromatic nitrogens is 2. The third-order valence-electron chi connectivity index (χ3n) is 3.67. The van der Waals surface area contributed by atoms with Crippen LogP contribution < -0.4 is 5.73 Å². The first-order valence-electron chi connectivity index (χ1n) is 6.46. The summed E-state index contributed by atoms with van der Waals surface area (Å²) in [6.45, 7) is 2.64. The first kappa shape index (κ1) is 12.5. The topological polar surface area (TPSA) is 85.2 Å². The Balaban J connectivity index is 1.98. The van der Waals surface area contributed by atoms with Gasteiger partial charge in [-0.25, -0.2) is 0 Å². The molecule has 1 aliphatic rings. The number of aliphatic hydroxyl groups is 1. The zero-order valence-corrected chi connectivity index (χ0v) is 10.3. The molecule has 1 aromatic rings. The molecule has 1 fully saturated rings. The molecule has 0 spiro atoms. The van der Waals surface area contributed by atoms with E-state index in [-0.39, 0.29) is 0 Å². The molecule has 0 amide bonds. The highest BCUT2D eigenvalue weighted by atomic mass is 16.5. The number of aliphatic hydroxyl groups excluding tert-OH is 1. The normalized spacial score (nSPS) is 26.3. The molecule has 96 valence electrons. The predicted molar refractivity (Wildman–Crippen MR) is 63.3 cm³/mol. The number of nitrogens with zero attached hydrogens (tertiary/aromatic N) is 2. The Labute approximate surface area is 101 Å². The molecule has 1 heterocycles. The van der Waals surface area contributed by atoms with Crippen molar-refractivity contribution in [1.82, 2.24) is 10.1 Å². The van der Waals surface area contributed by atoms with E-state index < -0.39 is 6.10 Å². The Hall–Kier alpha value is -0.940. The van der Waals surface area contributed by atoms with Gasteiger partial charge in [0, 0.05) is 5.92 Å². The lowest BCUT2D eigenvalue weighted by Gasteiger charge is -2.05. The first-order valence-corrected chi connectivity index (χ1v) is 6.46. The summed E-state index contributed by atoms with van der Waals surface area (Å²) in [5.41, 5.74) is 5.38. The van der Waals surface area contributed by atoms with Crippen molar-refractivity contribution >= 4 is 0 Å². The summed E-state index contributed by atoms with van der Waals surface area (Å²) in [5.74, 6) is 2.26. The fraction of sp³-hybridized carbons (Fsp3) is 0.833. The van der Waals surface area contributed by atoms with Crippen LogP contribution in [0.15, 0.2) is 4.52 Å². The highest BCUT2D eigenvalue weighted by molar-refractivity contribution is 5.00. The van der Waals surface area contributed by atoms with Crippen molar-refractivity contribution in [2.24, 2.45) is 11.7 Å². The third kappa shape index (κ3) is 2.84. The predicted octanol–water partition coefficient (Wildman–Crippen LogP) is 1.75. The Kier molecular flexibility index (Phi) is 4.12. The van der Waals surface area contributed by atoms with Gasteiger partial charge in [-0.3, -0.25) is 0 Å². The van der Waals surface area contributed by atoms with Gasteiger partial charge in [0.1, 0.15) is 6.10 Å². The number of nitrogens with two attached hydrogens (primary N) is 1. The fourth-order valence-corrected chi connectivity index (χ4v) is 2.51. The van der Waals surface area contributed by atoms with Crippen molar-refractivity contribution in [2.75, 3.05) is 6.54 Å². The Morgan fingerprint density at radius 2 is 2.35 bits per heavy atom. The van der Waals surface area contributed by atoms with E-state index in [0.717, 1.165) is 24.6 Å². The third-order valence-corrected chi connectivity index (χ3v) is 3.67. The summed E-state index contributed by atoms with van der Waals surface area (Å²) in [6.07, 6.45) is 4.48. The van der Waals surface area contributed by atoms with E-state index >= 15 is 0 Å². The van der Waals surface area contributed by atoms with Crippen LogP contribution in [0, 0.1) is 5.92 Å². The highest BCUT2D eigenvalue weighted by Crippen LogP contribution is 2.38. The molecule has 2 unspecified atom stereocenters. The van der Waals surface area contributed by atoms with Gasteiger partial charge in [0.2, 0.25) is 0 Å². The van der Waals surface area contributed by atoms with Crippen molar-refractivity contribution in [1.29, 1.82) is 0 Å². The van der Waals surface area contributed by atoms with E-state index in [1.165, 1.54) is 12.8 Å². The smallest absolute Gasteiger partial charge is 0.255 e. The summed E-state index contributed by atoms with van der Waals surface area (Å²) >= 11 is 0. The zero-order chi connectivity index (χ0) is 12.3. The molecule has 5 heteroatoms. The van der Waals surface area contributed by atoms with Crippen LogP contribution in [-0.2, 0) is 0 Å². The number of hydrogen-bond acceptors (Lipinski definition) is 5. The van der Waals surface area contributed by atoms with Crippen molar-refractivity contribution < 1.29 is 9.63 Å². The quantitative estimate of drug-likeness (QED) is 0.817. The summed E-state index contributed by atoms with van der Waals surface area (Å²) in [6, 6.07) is 0. The van der Waals surface area contributed by atoms with Crippen LogP contribution in [0.2, 0.25) is 0 Å². The Morgan fingerprint density at radius 3 is 3.00 bits per heavy atom. The average Bonchev–Trinajstić information content (AvgIpc) is 2.98. The molecule has 0 aromatic carbocycles. The summed E-state index contributed by atoms with van der Waals surface area (Å²) < 4.78 is 5.09. The lowest BCUT2D eigenvalue weighted by molar-refractivity contribution is 0.127. The van der Waals surface area contributed by atoms with E-state index in [1.807, 2.05) is 0 Å². The van der Waals surface area contributed by atoms with Gasteiger partial charge in [-0.15, -0.1) is 0 Å². The molecule has 5 nitrogen and oxygen atoms in total. The van der Waals surface area contributed by atoms with Gasteiger partial charge in [-0.2, -0.15) is 4.98 Å². The lowest BCUT2D eigenvalue weighted by atomic mass is 10.0. The van der Waals surface area contributed by atoms with Crippen molar-refractivity contribution in [3.05, 3.63) is 11.7 Å². The first-order chi connectivity index (χ1) is 8.24. The van der Waals surface area contributed by atoms with Crippen LogP contribution in [0.25, 0.3) is 0 Å². The minimum atomic E-state index is -0.718. The van der Waals surface area contributed by atoms with E-state index in [9.17, 15) is 5.11 Å². The minimum absolute atomic E-state index is 0.311. The van der Waals surface area contributed by atoms with Crippen molar-refractivity contribution in [2.45, 2.75) is 51.0 Å². The number of rotatable bonds is 5. The SMILES string of the molecule is CCC1CCC(c2noc([C@@H](O)CCN)n2)C1. The van der Waals surface area contributed by atoms with E-state index in [4.69, 9.17) is 10.3 Å². The maximum Gasteiger partial charge on any atom is 0.255 e. The van der Waals surface area contributed by atoms with Gasteiger partial charge in [-0.05, 0) is 38.1 Å². The molecule has 3 N–H and O–H groups in total. The average molecular weight is 239 g/mol. The van der Waals surface area contributed by atoms with E-state index in [0.29, 0.717) is 24.8 Å². The van der Waals surface area contributed by atoms with Gasteiger partial charge in [-0.1, -0.05) is 18.5 Å². The van der Waals surface area contributed by atoms with E-state index in [2.05, 4.69) is 17.1 Å². The van der Waals surface area contributed by atoms with Crippen molar-refractivity contribution in [3.8, 4) is 0 Å². The lowest BCUT2D eigenvalue weighted by Crippen LogP contribution is -2.07. The molecule has 0 radical (unpaired) electrons. The van der Waals surface area contributed by atoms with Crippen LogP contribution in [0.5, 0.6) is 0 Å². The summed E-state index contributed by atoms with van der Waals surface area (Å²) in [5, 5.41) is 13.7. The Bertz CT molecular complexity index is 353. The summed E-state index contributed by atoms with van der Waals surface area (Å²) in [7, 11) is 0. The van der Waals surface area contributed by atoms with Crippen LogP contribution in [0.1, 0.15) is 62.8 Å². The van der Waals surface area contributed by atoms with Crippen LogP contribution in [0.4, 0.5) is 0 Å². The molecular formula is C12H21N3O2. The van der Waals surface area contributed by atoms with E-state index in [1.54, 1.807) is 0 Å². The fourth-order valence-electron chi connectivity index (χ4n) is 2.51. The Morgan fingerprint density at radius 1 is 1.53 bits per heavy atom. The maximum absolute atomic E-state index is 9.70. The zero-order valence-electron chi connectivity index (χ0n) is 10.3. The number of hydrogen-bond donors (Lipinski definition) is 2. The molecule has 1 aliphatic carbocycles. The second-order valence-corrected chi connectivity index (χ2v) is 4.87. The molecule has 0 bridgehead atoms.